The topological polar surface area (TPSA) is 0 Å². The Balaban J connectivity index is 4.03. The van der Waals surface area contributed by atoms with E-state index in [4.69, 9.17) is 0 Å². The van der Waals surface area contributed by atoms with Crippen LogP contribution in [-0.4, -0.2) is 0 Å². The monoisotopic (exact) mass is 168 g/mol. The van der Waals surface area contributed by atoms with Gasteiger partial charge in [0.25, 0.3) is 0 Å². The lowest BCUT2D eigenvalue weighted by Crippen LogP contribution is -2.05. The first kappa shape index (κ1) is 11.7. The van der Waals surface area contributed by atoms with Crippen LogP contribution in [0.15, 0.2) is 11.6 Å². The molecule has 12 heavy (non-hydrogen) atoms. The van der Waals surface area contributed by atoms with Crippen LogP contribution in [0.2, 0.25) is 0 Å². The highest BCUT2D eigenvalue weighted by atomic mass is 14.2. The van der Waals surface area contributed by atoms with E-state index in [9.17, 15) is 0 Å². The minimum Gasteiger partial charge on any atom is -0.0885 e. The van der Waals surface area contributed by atoms with Gasteiger partial charge in [-0.25, -0.2) is 0 Å². The highest BCUT2D eigenvalue weighted by Crippen LogP contribution is 2.24. The molecule has 0 heteroatoms. The lowest BCUT2D eigenvalue weighted by Gasteiger charge is -2.18. The lowest BCUT2D eigenvalue weighted by atomic mass is 9.87. The second-order valence-corrected chi connectivity index (χ2v) is 4.15. The molecule has 0 radical (unpaired) electrons. The largest absolute Gasteiger partial charge is 0.0885 e. The van der Waals surface area contributed by atoms with Gasteiger partial charge in [-0.1, -0.05) is 38.8 Å². The van der Waals surface area contributed by atoms with Gasteiger partial charge in [0.2, 0.25) is 0 Å². The Morgan fingerprint density at radius 2 is 1.92 bits per heavy atom. The van der Waals surface area contributed by atoms with Gasteiger partial charge in [0.05, 0.1) is 0 Å². The summed E-state index contributed by atoms with van der Waals surface area (Å²) in [6, 6.07) is 0. The summed E-state index contributed by atoms with van der Waals surface area (Å²) in [6.45, 7) is 11.3. The summed E-state index contributed by atoms with van der Waals surface area (Å²) in [5, 5.41) is 0. The van der Waals surface area contributed by atoms with Crippen molar-refractivity contribution in [3.05, 3.63) is 11.6 Å². The molecule has 0 nitrogen and oxygen atoms in total. The fraction of sp³-hybridized carbons (Fsp3) is 0.833. The molecule has 1 unspecified atom stereocenters. The van der Waals surface area contributed by atoms with E-state index >= 15 is 0 Å². The summed E-state index contributed by atoms with van der Waals surface area (Å²) in [5.41, 5.74) is 1.57. The third kappa shape index (κ3) is 4.58. The zero-order valence-corrected chi connectivity index (χ0v) is 9.35. The summed E-state index contributed by atoms with van der Waals surface area (Å²) >= 11 is 0. The van der Waals surface area contributed by atoms with Gasteiger partial charge < -0.3 is 0 Å². The van der Waals surface area contributed by atoms with E-state index in [0.29, 0.717) is 0 Å². The maximum atomic E-state index is 2.31. The second kappa shape index (κ2) is 6.28. The molecule has 0 rings (SSSR count). The molecule has 0 bridgehead atoms. The van der Waals surface area contributed by atoms with Crippen molar-refractivity contribution in [3.63, 3.8) is 0 Å². The smallest absolute Gasteiger partial charge is 0.0204 e. The molecule has 0 saturated heterocycles. The quantitative estimate of drug-likeness (QED) is 0.533. The molecule has 0 aromatic rings. The van der Waals surface area contributed by atoms with Crippen LogP contribution in [0, 0.1) is 11.8 Å². The average Bonchev–Trinajstić information content (AvgIpc) is 2.01. The Bertz CT molecular complexity index is 131. The van der Waals surface area contributed by atoms with Crippen LogP contribution >= 0.6 is 0 Å². The minimum atomic E-state index is 0.830. The zero-order valence-electron chi connectivity index (χ0n) is 9.35. The molecular formula is C12H24. The molecule has 0 aromatic carbocycles. The molecule has 0 aliphatic carbocycles. The fourth-order valence-electron chi connectivity index (χ4n) is 1.68. The van der Waals surface area contributed by atoms with E-state index in [0.717, 1.165) is 11.8 Å². The van der Waals surface area contributed by atoms with Gasteiger partial charge in [-0.3, -0.25) is 0 Å². The normalized spacial score (nSPS) is 15.3. The van der Waals surface area contributed by atoms with E-state index in [-0.39, 0.29) is 0 Å². The van der Waals surface area contributed by atoms with Gasteiger partial charge in [0.15, 0.2) is 0 Å². The Labute approximate surface area is 78.1 Å². The molecule has 0 aromatic heterocycles. The third-order valence-electron chi connectivity index (χ3n) is 2.49. The van der Waals surface area contributed by atoms with Crippen molar-refractivity contribution in [2.24, 2.45) is 11.8 Å². The van der Waals surface area contributed by atoms with E-state index in [1.54, 1.807) is 5.57 Å². The van der Waals surface area contributed by atoms with Crippen molar-refractivity contribution in [2.75, 3.05) is 0 Å². The van der Waals surface area contributed by atoms with Crippen LogP contribution < -0.4 is 0 Å². The van der Waals surface area contributed by atoms with E-state index < -0.39 is 0 Å². The summed E-state index contributed by atoms with van der Waals surface area (Å²) in [5.74, 6) is 1.66. The first-order chi connectivity index (χ1) is 5.61. The summed E-state index contributed by atoms with van der Waals surface area (Å²) < 4.78 is 0. The molecule has 0 spiro atoms. The molecule has 0 fully saturated rings. The highest BCUT2D eigenvalue weighted by Gasteiger charge is 2.10. The molecular weight excluding hydrogens is 144 g/mol. The number of hydrogen-bond donors (Lipinski definition) is 0. The zero-order chi connectivity index (χ0) is 9.56. The first-order valence-corrected chi connectivity index (χ1v) is 5.24. The minimum absolute atomic E-state index is 0.830. The summed E-state index contributed by atoms with van der Waals surface area (Å²) in [4.78, 5) is 0. The van der Waals surface area contributed by atoms with Crippen molar-refractivity contribution in [1.29, 1.82) is 0 Å². The number of allylic oxidation sites excluding steroid dienone is 2. The van der Waals surface area contributed by atoms with Gasteiger partial charge in [-0.15, -0.1) is 0 Å². The Kier molecular flexibility index (Phi) is 6.14. The van der Waals surface area contributed by atoms with Crippen LogP contribution in [0.25, 0.3) is 0 Å². The van der Waals surface area contributed by atoms with E-state index in [1.165, 1.54) is 19.3 Å². The number of hydrogen-bond acceptors (Lipinski definition) is 0. The SMILES string of the molecule is CC=C(C)C(CCC)CC(C)C. The van der Waals surface area contributed by atoms with Crippen molar-refractivity contribution in [3.8, 4) is 0 Å². The predicted octanol–water partition coefficient (Wildman–Crippen LogP) is 4.42. The molecule has 1 atom stereocenters. The van der Waals surface area contributed by atoms with E-state index in [1.807, 2.05) is 0 Å². The van der Waals surface area contributed by atoms with Crippen LogP contribution in [0.3, 0.4) is 0 Å². The fourth-order valence-corrected chi connectivity index (χ4v) is 1.68. The van der Waals surface area contributed by atoms with Gasteiger partial charge in [-0.05, 0) is 38.5 Å². The maximum Gasteiger partial charge on any atom is -0.0204 e. The van der Waals surface area contributed by atoms with Crippen LogP contribution in [-0.2, 0) is 0 Å². The Morgan fingerprint density at radius 1 is 1.33 bits per heavy atom. The van der Waals surface area contributed by atoms with Crippen molar-refractivity contribution < 1.29 is 0 Å². The molecule has 0 N–H and O–H groups in total. The average molecular weight is 168 g/mol. The van der Waals surface area contributed by atoms with Gasteiger partial charge >= 0.3 is 0 Å². The van der Waals surface area contributed by atoms with Crippen molar-refractivity contribution in [1.82, 2.24) is 0 Å². The van der Waals surface area contributed by atoms with Gasteiger partial charge in [-0.2, -0.15) is 0 Å². The van der Waals surface area contributed by atoms with Crippen LogP contribution in [0.5, 0.6) is 0 Å². The Hall–Kier alpha value is -0.260. The van der Waals surface area contributed by atoms with Crippen LogP contribution in [0.4, 0.5) is 0 Å². The molecule has 0 aliphatic rings. The molecule has 0 amide bonds. The standard InChI is InChI=1S/C12H24/c1-6-8-12(9-10(3)4)11(5)7-2/h7,10,12H,6,8-9H2,1-5H3. The number of rotatable bonds is 5. The van der Waals surface area contributed by atoms with Crippen molar-refractivity contribution >= 4 is 0 Å². The molecule has 0 saturated carbocycles. The second-order valence-electron chi connectivity index (χ2n) is 4.15. The maximum absolute atomic E-state index is 2.31. The summed E-state index contributed by atoms with van der Waals surface area (Å²) in [6.07, 6.45) is 6.28. The summed E-state index contributed by atoms with van der Waals surface area (Å²) in [7, 11) is 0. The molecule has 0 aliphatic heterocycles. The predicted molar refractivity (Wildman–Crippen MR) is 57.3 cm³/mol. The van der Waals surface area contributed by atoms with Crippen LogP contribution in [0.1, 0.15) is 53.9 Å². The van der Waals surface area contributed by atoms with E-state index in [2.05, 4.69) is 40.7 Å². The highest BCUT2D eigenvalue weighted by molar-refractivity contribution is 5.01. The molecule has 72 valence electrons. The molecule has 0 heterocycles. The first-order valence-electron chi connectivity index (χ1n) is 5.24. The Morgan fingerprint density at radius 3 is 2.25 bits per heavy atom. The lowest BCUT2D eigenvalue weighted by molar-refractivity contribution is 0.430. The van der Waals surface area contributed by atoms with Crippen molar-refractivity contribution in [2.45, 2.75) is 53.9 Å². The van der Waals surface area contributed by atoms with Gasteiger partial charge in [0.1, 0.15) is 0 Å². The van der Waals surface area contributed by atoms with Gasteiger partial charge in [0, 0.05) is 0 Å². The third-order valence-corrected chi connectivity index (χ3v) is 2.49.